The van der Waals surface area contributed by atoms with Gasteiger partial charge in [0.2, 0.25) is 6.17 Å². The number of benzene rings is 1. The number of carbonyl (C=O) groups is 1. The Hall–Kier alpha value is -1.82. The highest BCUT2D eigenvalue weighted by Crippen LogP contribution is 2.36. The van der Waals surface area contributed by atoms with Crippen LogP contribution in [0.5, 0.6) is 11.5 Å². The van der Waals surface area contributed by atoms with Crippen LogP contribution >= 0.6 is 0 Å². The van der Waals surface area contributed by atoms with E-state index in [2.05, 4.69) is 4.74 Å². The first-order valence-electron chi connectivity index (χ1n) is 6.25. The zero-order chi connectivity index (χ0) is 15.3. The van der Waals surface area contributed by atoms with Gasteiger partial charge >= 0.3 is 5.97 Å². The van der Waals surface area contributed by atoms with Crippen LogP contribution in [0.2, 0.25) is 0 Å². The molecule has 112 valence electrons. The maximum absolute atomic E-state index is 14.1. The lowest BCUT2D eigenvalue weighted by Crippen LogP contribution is -2.32. The van der Waals surface area contributed by atoms with Crippen molar-refractivity contribution in [2.24, 2.45) is 5.73 Å². The Morgan fingerprint density at radius 1 is 1.30 bits per heavy atom. The minimum atomic E-state index is -1.99. The van der Waals surface area contributed by atoms with E-state index in [9.17, 15) is 9.18 Å². The molecule has 6 heteroatoms. The van der Waals surface area contributed by atoms with Gasteiger partial charge in [-0.1, -0.05) is 0 Å². The van der Waals surface area contributed by atoms with E-state index < -0.39 is 18.2 Å². The Balaban J connectivity index is 3.19. The van der Waals surface area contributed by atoms with Crippen molar-refractivity contribution in [2.45, 2.75) is 26.1 Å². The van der Waals surface area contributed by atoms with Crippen molar-refractivity contribution < 1.29 is 23.4 Å². The van der Waals surface area contributed by atoms with E-state index >= 15 is 0 Å². The first-order valence-corrected chi connectivity index (χ1v) is 6.25. The number of halogens is 1. The zero-order valence-electron chi connectivity index (χ0n) is 12.1. The number of hydrogen-bond acceptors (Lipinski definition) is 5. The summed E-state index contributed by atoms with van der Waals surface area (Å²) in [4.78, 5) is 11.5. The average molecular weight is 285 g/mol. The Labute approximate surface area is 117 Å². The molecular weight excluding hydrogens is 265 g/mol. The van der Waals surface area contributed by atoms with Crippen LogP contribution in [0.15, 0.2) is 12.1 Å². The molecule has 0 aromatic heterocycles. The van der Waals surface area contributed by atoms with Crippen LogP contribution < -0.4 is 15.2 Å². The van der Waals surface area contributed by atoms with Crippen molar-refractivity contribution >= 4 is 5.97 Å². The van der Waals surface area contributed by atoms with Crippen molar-refractivity contribution in [3.63, 3.8) is 0 Å². The van der Waals surface area contributed by atoms with E-state index in [1.54, 1.807) is 19.1 Å². The second-order valence-electron chi connectivity index (χ2n) is 4.26. The molecule has 1 unspecified atom stereocenters. The molecule has 0 heterocycles. The third-order valence-corrected chi connectivity index (χ3v) is 2.85. The fraction of sp³-hybridized carbons (Fsp3) is 0.500. The van der Waals surface area contributed by atoms with E-state index in [4.69, 9.17) is 15.2 Å². The number of rotatable bonds is 6. The molecule has 0 bridgehead atoms. The average Bonchev–Trinajstić information content (AvgIpc) is 2.44. The molecule has 0 aliphatic heterocycles. The third-order valence-electron chi connectivity index (χ3n) is 2.85. The predicted molar refractivity (Wildman–Crippen MR) is 72.7 cm³/mol. The lowest BCUT2D eigenvalue weighted by atomic mass is 9.99. The predicted octanol–water partition coefficient (Wildman–Crippen LogP) is 1.91. The third kappa shape index (κ3) is 3.39. The Morgan fingerprint density at radius 3 is 2.20 bits per heavy atom. The summed E-state index contributed by atoms with van der Waals surface area (Å²) in [6.45, 7) is 3.54. The Bertz CT molecular complexity index is 453. The second-order valence-corrected chi connectivity index (χ2v) is 4.26. The molecule has 0 spiro atoms. The van der Waals surface area contributed by atoms with Gasteiger partial charge in [-0.3, -0.25) is 0 Å². The summed E-state index contributed by atoms with van der Waals surface area (Å²) < 4.78 is 29.1. The van der Waals surface area contributed by atoms with Gasteiger partial charge in [0.1, 0.15) is 11.5 Å². The Kier molecular flexibility index (Phi) is 5.76. The number of methoxy groups -OCH3 is 2. The van der Waals surface area contributed by atoms with Crippen LogP contribution in [-0.2, 0) is 9.53 Å². The Morgan fingerprint density at radius 2 is 1.80 bits per heavy atom. The van der Waals surface area contributed by atoms with E-state index in [1.165, 1.54) is 14.2 Å². The van der Waals surface area contributed by atoms with Gasteiger partial charge in [0, 0.05) is 0 Å². The largest absolute Gasteiger partial charge is 0.496 e. The molecule has 1 aromatic carbocycles. The molecule has 0 fully saturated rings. The molecule has 1 rings (SSSR count). The van der Waals surface area contributed by atoms with E-state index in [0.29, 0.717) is 17.1 Å². The molecule has 0 saturated heterocycles. The molecule has 0 aliphatic carbocycles. The minimum Gasteiger partial charge on any atom is -0.496 e. The molecule has 0 saturated carbocycles. The highest BCUT2D eigenvalue weighted by Gasteiger charge is 2.32. The monoisotopic (exact) mass is 285 g/mol. The molecule has 0 amide bonds. The molecule has 2 N–H and O–H groups in total. The summed E-state index contributed by atoms with van der Waals surface area (Å²) in [5.74, 6) is -0.243. The van der Waals surface area contributed by atoms with Crippen LogP contribution in [0, 0.1) is 6.92 Å². The summed E-state index contributed by atoms with van der Waals surface area (Å²) in [6.07, 6.45) is -1.99. The maximum atomic E-state index is 14.1. The highest BCUT2D eigenvalue weighted by atomic mass is 19.1. The fourth-order valence-electron chi connectivity index (χ4n) is 1.91. The van der Waals surface area contributed by atoms with Gasteiger partial charge in [0.15, 0.2) is 0 Å². The lowest BCUT2D eigenvalue weighted by molar-refractivity contribution is -0.149. The van der Waals surface area contributed by atoms with Crippen LogP contribution in [-0.4, -0.2) is 33.0 Å². The van der Waals surface area contributed by atoms with Gasteiger partial charge in [-0.05, 0) is 31.5 Å². The van der Waals surface area contributed by atoms with Crippen LogP contribution in [0.1, 0.15) is 24.1 Å². The number of nitrogens with two attached hydrogens (primary N) is 1. The molecule has 0 aliphatic rings. The van der Waals surface area contributed by atoms with Crippen molar-refractivity contribution in [3.05, 3.63) is 23.3 Å². The topological polar surface area (TPSA) is 70.8 Å². The van der Waals surface area contributed by atoms with Gasteiger partial charge < -0.3 is 19.9 Å². The van der Waals surface area contributed by atoms with Crippen molar-refractivity contribution in [1.82, 2.24) is 0 Å². The summed E-state index contributed by atoms with van der Waals surface area (Å²) in [5.41, 5.74) is 7.02. The minimum absolute atomic E-state index is 0.0914. The van der Waals surface area contributed by atoms with E-state index in [1.807, 2.05) is 6.92 Å². The number of ether oxygens (including phenoxy) is 3. The van der Waals surface area contributed by atoms with E-state index in [-0.39, 0.29) is 6.61 Å². The van der Waals surface area contributed by atoms with E-state index in [0.717, 1.165) is 5.56 Å². The first kappa shape index (κ1) is 16.2. The van der Waals surface area contributed by atoms with Crippen LogP contribution in [0.3, 0.4) is 0 Å². The summed E-state index contributed by atoms with van der Waals surface area (Å²) in [7, 11) is 2.89. The standard InChI is InChI=1S/C14H20FNO4/c1-5-20-14(17)12(15)13(16)11-9(18-3)6-8(2)7-10(11)19-4/h6-7,12-13H,5,16H2,1-4H3/t12?,13-/m1/s1. The SMILES string of the molecule is CCOC(=O)C(F)[C@H](N)c1c(OC)cc(C)cc1OC. The van der Waals surface area contributed by atoms with Gasteiger partial charge in [-0.2, -0.15) is 0 Å². The summed E-state index contributed by atoms with van der Waals surface area (Å²) in [5, 5.41) is 0. The number of aryl methyl sites for hydroxylation is 1. The van der Waals surface area contributed by atoms with Gasteiger partial charge in [0.25, 0.3) is 0 Å². The summed E-state index contributed by atoms with van der Waals surface area (Å²) >= 11 is 0. The lowest BCUT2D eigenvalue weighted by Gasteiger charge is -2.21. The number of alkyl halides is 1. The molecule has 2 atom stereocenters. The van der Waals surface area contributed by atoms with Crippen molar-refractivity contribution in [3.8, 4) is 11.5 Å². The molecule has 1 aromatic rings. The second kappa shape index (κ2) is 7.09. The molecule has 5 nitrogen and oxygen atoms in total. The van der Waals surface area contributed by atoms with Crippen LogP contribution in [0.25, 0.3) is 0 Å². The zero-order valence-corrected chi connectivity index (χ0v) is 12.1. The highest BCUT2D eigenvalue weighted by molar-refractivity contribution is 5.76. The van der Waals surface area contributed by atoms with Gasteiger partial charge in [0.05, 0.1) is 32.4 Å². The fourth-order valence-corrected chi connectivity index (χ4v) is 1.91. The maximum Gasteiger partial charge on any atom is 0.342 e. The first-order chi connectivity index (χ1) is 9.46. The normalized spacial score (nSPS) is 13.5. The van der Waals surface area contributed by atoms with Crippen molar-refractivity contribution in [2.75, 3.05) is 20.8 Å². The molecule has 20 heavy (non-hydrogen) atoms. The molecule has 0 radical (unpaired) electrons. The van der Waals surface area contributed by atoms with Crippen LogP contribution in [0.4, 0.5) is 4.39 Å². The quantitative estimate of drug-likeness (QED) is 0.808. The smallest absolute Gasteiger partial charge is 0.342 e. The van der Waals surface area contributed by atoms with Gasteiger partial charge in [-0.25, -0.2) is 9.18 Å². The number of hydrogen-bond donors (Lipinski definition) is 1. The van der Waals surface area contributed by atoms with Gasteiger partial charge in [-0.15, -0.1) is 0 Å². The number of esters is 1. The number of carbonyl (C=O) groups excluding carboxylic acids is 1. The summed E-state index contributed by atoms with van der Waals surface area (Å²) in [6, 6.07) is 2.19. The van der Waals surface area contributed by atoms with Crippen molar-refractivity contribution in [1.29, 1.82) is 0 Å². The molecular formula is C14H20FNO4.